The summed E-state index contributed by atoms with van der Waals surface area (Å²) in [6, 6.07) is 0. The summed E-state index contributed by atoms with van der Waals surface area (Å²) in [6.45, 7) is 9.98. The molecule has 4 nitrogen and oxygen atoms in total. The Morgan fingerprint density at radius 1 is 1.41 bits per heavy atom. The van der Waals surface area contributed by atoms with E-state index < -0.39 is 5.54 Å². The summed E-state index contributed by atoms with van der Waals surface area (Å²) in [5.41, 5.74) is -0.456. The first-order valence-electron chi connectivity index (χ1n) is 6.28. The Morgan fingerprint density at radius 3 is 2.35 bits per heavy atom. The molecular weight excluding hydrogens is 214 g/mol. The Kier molecular flexibility index (Phi) is 4.46. The van der Waals surface area contributed by atoms with E-state index in [0.717, 1.165) is 19.5 Å². The summed E-state index contributed by atoms with van der Waals surface area (Å²) >= 11 is 0. The van der Waals surface area contributed by atoms with E-state index in [2.05, 4.69) is 30.7 Å². The Bertz CT molecular complexity index is 382. The zero-order valence-corrected chi connectivity index (χ0v) is 11.5. The van der Waals surface area contributed by atoms with Crippen LogP contribution in [0.2, 0.25) is 0 Å². The van der Waals surface area contributed by atoms with Gasteiger partial charge in [-0.25, -0.2) is 4.98 Å². The first-order chi connectivity index (χ1) is 8.01. The van der Waals surface area contributed by atoms with E-state index in [1.807, 2.05) is 20.2 Å². The van der Waals surface area contributed by atoms with Crippen LogP contribution in [0.5, 0.6) is 0 Å². The second-order valence-corrected chi connectivity index (χ2v) is 4.49. The number of carbonyl (C=O) groups excluding carboxylic acids is 1. The lowest BCUT2D eigenvalue weighted by atomic mass is 9.90. The molecule has 0 aliphatic heterocycles. The van der Waals surface area contributed by atoms with Gasteiger partial charge in [-0.2, -0.15) is 0 Å². The molecule has 0 bridgehead atoms. The fraction of sp³-hybridized carbons (Fsp3) is 0.692. The molecule has 0 aromatic carbocycles. The molecule has 0 N–H and O–H groups in total. The van der Waals surface area contributed by atoms with E-state index in [1.54, 1.807) is 10.8 Å². The Morgan fingerprint density at radius 2 is 2.00 bits per heavy atom. The number of aromatic nitrogens is 2. The largest absolute Gasteiger partial charge is 0.332 e. The molecule has 0 spiro atoms. The Balaban J connectivity index is 3.09. The predicted octanol–water partition coefficient (Wildman–Crippen LogP) is 2.11. The van der Waals surface area contributed by atoms with Crippen molar-refractivity contribution in [2.75, 3.05) is 13.1 Å². The molecule has 0 saturated carbocycles. The Labute approximate surface area is 104 Å². The van der Waals surface area contributed by atoms with Crippen LogP contribution in [0.1, 0.15) is 44.7 Å². The van der Waals surface area contributed by atoms with Crippen molar-refractivity contribution in [1.82, 2.24) is 14.5 Å². The molecular formula is C13H23N3O. The van der Waals surface area contributed by atoms with Gasteiger partial charge in [0.05, 0.1) is 5.54 Å². The van der Waals surface area contributed by atoms with E-state index in [4.69, 9.17) is 0 Å². The van der Waals surface area contributed by atoms with Crippen molar-refractivity contribution in [3.8, 4) is 0 Å². The number of hydrogen-bond donors (Lipinski definition) is 0. The maximum atomic E-state index is 12.6. The summed E-state index contributed by atoms with van der Waals surface area (Å²) in [7, 11) is 1.86. The molecule has 0 fully saturated rings. The minimum Gasteiger partial charge on any atom is -0.332 e. The van der Waals surface area contributed by atoms with Crippen molar-refractivity contribution in [3.05, 3.63) is 18.2 Å². The van der Waals surface area contributed by atoms with E-state index in [9.17, 15) is 4.79 Å². The first-order valence-corrected chi connectivity index (χ1v) is 6.28. The number of aryl methyl sites for hydroxylation is 1. The molecule has 0 aliphatic carbocycles. The van der Waals surface area contributed by atoms with Crippen molar-refractivity contribution in [1.29, 1.82) is 0 Å². The highest BCUT2D eigenvalue weighted by Gasteiger charge is 2.38. The van der Waals surface area contributed by atoms with E-state index in [1.165, 1.54) is 0 Å². The van der Waals surface area contributed by atoms with Crippen molar-refractivity contribution in [2.45, 2.75) is 39.7 Å². The molecule has 0 amide bonds. The summed E-state index contributed by atoms with van der Waals surface area (Å²) in [4.78, 5) is 19.0. The lowest BCUT2D eigenvalue weighted by molar-refractivity contribution is 0.0593. The highest BCUT2D eigenvalue weighted by Crippen LogP contribution is 2.23. The van der Waals surface area contributed by atoms with E-state index >= 15 is 0 Å². The molecule has 17 heavy (non-hydrogen) atoms. The van der Waals surface area contributed by atoms with Gasteiger partial charge >= 0.3 is 0 Å². The molecule has 1 atom stereocenters. The molecule has 1 heterocycles. The van der Waals surface area contributed by atoms with Crippen LogP contribution in [0.15, 0.2) is 12.4 Å². The number of likely N-dealkylation sites (N-methyl/N-ethyl adjacent to an activating group) is 1. The number of hydrogen-bond acceptors (Lipinski definition) is 3. The molecule has 1 unspecified atom stereocenters. The number of rotatable bonds is 6. The van der Waals surface area contributed by atoms with Crippen LogP contribution in [0.3, 0.4) is 0 Å². The van der Waals surface area contributed by atoms with Gasteiger partial charge in [-0.15, -0.1) is 0 Å². The number of Topliss-reactive ketones (excluding diaryl/α,β-unsaturated/α-hetero) is 1. The van der Waals surface area contributed by atoms with Gasteiger partial charge in [0.2, 0.25) is 5.78 Å². The molecule has 1 aromatic heterocycles. The van der Waals surface area contributed by atoms with Crippen LogP contribution < -0.4 is 0 Å². The third kappa shape index (κ3) is 2.41. The van der Waals surface area contributed by atoms with Crippen LogP contribution in [0.25, 0.3) is 0 Å². The fourth-order valence-electron chi connectivity index (χ4n) is 2.27. The summed E-state index contributed by atoms with van der Waals surface area (Å²) in [6.07, 6.45) is 4.28. The zero-order chi connectivity index (χ0) is 13.1. The van der Waals surface area contributed by atoms with Gasteiger partial charge in [0.25, 0.3) is 0 Å². The van der Waals surface area contributed by atoms with Crippen LogP contribution in [0, 0.1) is 0 Å². The smallest absolute Gasteiger partial charge is 0.218 e. The average Bonchev–Trinajstić information content (AvgIpc) is 2.75. The Hall–Kier alpha value is -1.16. The second kappa shape index (κ2) is 5.45. The van der Waals surface area contributed by atoms with Crippen LogP contribution >= 0.6 is 0 Å². The molecule has 1 aromatic rings. The van der Waals surface area contributed by atoms with E-state index in [0.29, 0.717) is 5.82 Å². The SMILES string of the molecule is CCN(CC)C(C)(CC)C(=O)c1nccn1C. The average molecular weight is 237 g/mol. The fourth-order valence-corrected chi connectivity index (χ4v) is 2.27. The van der Waals surface area contributed by atoms with E-state index in [-0.39, 0.29) is 5.78 Å². The third-order valence-electron chi connectivity index (χ3n) is 3.66. The summed E-state index contributed by atoms with van der Waals surface area (Å²) in [5.74, 6) is 0.650. The van der Waals surface area contributed by atoms with Crippen LogP contribution in [-0.2, 0) is 7.05 Å². The van der Waals surface area contributed by atoms with Crippen molar-refractivity contribution in [2.24, 2.45) is 7.05 Å². The van der Waals surface area contributed by atoms with Crippen LogP contribution in [0.4, 0.5) is 0 Å². The maximum absolute atomic E-state index is 12.6. The zero-order valence-electron chi connectivity index (χ0n) is 11.5. The molecule has 0 aliphatic rings. The topological polar surface area (TPSA) is 38.1 Å². The molecule has 1 rings (SSSR count). The van der Waals surface area contributed by atoms with Crippen molar-refractivity contribution >= 4 is 5.78 Å². The van der Waals surface area contributed by atoms with Gasteiger partial charge in [0, 0.05) is 19.4 Å². The number of imidazole rings is 1. The molecule has 0 radical (unpaired) electrons. The number of ketones is 1. The normalized spacial score (nSPS) is 14.9. The monoisotopic (exact) mass is 237 g/mol. The highest BCUT2D eigenvalue weighted by molar-refractivity contribution is 6.00. The summed E-state index contributed by atoms with van der Waals surface area (Å²) in [5, 5.41) is 0. The van der Waals surface area contributed by atoms with Gasteiger partial charge in [0.1, 0.15) is 0 Å². The predicted molar refractivity (Wildman–Crippen MR) is 69.2 cm³/mol. The third-order valence-corrected chi connectivity index (χ3v) is 3.66. The molecule has 4 heteroatoms. The second-order valence-electron chi connectivity index (χ2n) is 4.49. The number of nitrogens with zero attached hydrogens (tertiary/aromatic N) is 3. The van der Waals surface area contributed by atoms with Crippen molar-refractivity contribution in [3.63, 3.8) is 0 Å². The maximum Gasteiger partial charge on any atom is 0.218 e. The van der Waals surface area contributed by atoms with Gasteiger partial charge in [0.15, 0.2) is 5.82 Å². The molecule has 0 saturated heterocycles. The minimum absolute atomic E-state index is 0.108. The van der Waals surface area contributed by atoms with Gasteiger partial charge in [-0.3, -0.25) is 9.69 Å². The van der Waals surface area contributed by atoms with Gasteiger partial charge in [-0.1, -0.05) is 20.8 Å². The van der Waals surface area contributed by atoms with Gasteiger partial charge in [-0.05, 0) is 26.4 Å². The summed E-state index contributed by atoms with van der Waals surface area (Å²) < 4.78 is 1.79. The van der Waals surface area contributed by atoms with Crippen LogP contribution in [-0.4, -0.2) is 38.9 Å². The lowest BCUT2D eigenvalue weighted by Gasteiger charge is -2.37. The standard InChI is InChI=1S/C13H23N3O/c1-6-13(4,16(7-2)8-3)11(17)12-14-9-10-15(12)5/h9-10H,6-8H2,1-5H3. The minimum atomic E-state index is -0.456. The highest BCUT2D eigenvalue weighted by atomic mass is 16.1. The lowest BCUT2D eigenvalue weighted by Crippen LogP contribution is -2.52. The molecule has 96 valence electrons. The number of carbonyl (C=O) groups is 1. The van der Waals surface area contributed by atoms with Gasteiger partial charge < -0.3 is 4.57 Å². The van der Waals surface area contributed by atoms with Crippen molar-refractivity contribution < 1.29 is 4.79 Å². The quantitative estimate of drug-likeness (QED) is 0.711. The first kappa shape index (κ1) is 13.9.